The summed E-state index contributed by atoms with van der Waals surface area (Å²) in [7, 11) is -3.00. The van der Waals surface area contributed by atoms with Gasteiger partial charge in [0.25, 0.3) is 5.91 Å². The molecule has 1 amide bonds. The third-order valence-electron chi connectivity index (χ3n) is 2.52. The van der Waals surface area contributed by atoms with Crippen LogP contribution in [0.3, 0.4) is 0 Å². The van der Waals surface area contributed by atoms with Gasteiger partial charge in [0.05, 0.1) is 24.2 Å². The van der Waals surface area contributed by atoms with Crippen molar-refractivity contribution in [1.82, 2.24) is 10.3 Å². The van der Waals surface area contributed by atoms with Crippen molar-refractivity contribution in [2.75, 3.05) is 11.5 Å². The van der Waals surface area contributed by atoms with Crippen LogP contribution in [0.25, 0.3) is 0 Å². The third kappa shape index (κ3) is 2.83. The van der Waals surface area contributed by atoms with Crippen LogP contribution in [0.2, 0.25) is 0 Å². The molecule has 17 heavy (non-hydrogen) atoms. The monoisotopic (exact) mass is 259 g/mol. The molecule has 3 N–H and O–H groups in total. The van der Waals surface area contributed by atoms with Gasteiger partial charge in [0, 0.05) is 6.04 Å². The number of hydrogen-bond donors (Lipinski definition) is 2. The summed E-state index contributed by atoms with van der Waals surface area (Å²) >= 11 is 0. The number of nitrogens with two attached hydrogens (primary N) is 1. The lowest BCUT2D eigenvalue weighted by Gasteiger charge is -2.08. The fraction of sp³-hybridized carbons (Fsp3) is 0.556. The van der Waals surface area contributed by atoms with Gasteiger partial charge in [-0.15, -0.1) is 0 Å². The van der Waals surface area contributed by atoms with E-state index in [-0.39, 0.29) is 35.7 Å². The quantitative estimate of drug-likeness (QED) is 0.723. The number of carbonyl (C=O) groups is 1. The first kappa shape index (κ1) is 12.1. The van der Waals surface area contributed by atoms with Crippen molar-refractivity contribution in [3.8, 4) is 0 Å². The summed E-state index contributed by atoms with van der Waals surface area (Å²) in [6.07, 6.45) is 1.72. The first-order valence-electron chi connectivity index (χ1n) is 5.16. The Hall–Kier alpha value is -1.41. The fourth-order valence-electron chi connectivity index (χ4n) is 1.67. The lowest BCUT2D eigenvalue weighted by molar-refractivity contribution is 0.0911. The van der Waals surface area contributed by atoms with E-state index < -0.39 is 15.7 Å². The van der Waals surface area contributed by atoms with E-state index in [1.54, 1.807) is 0 Å². The van der Waals surface area contributed by atoms with Crippen LogP contribution in [0, 0.1) is 0 Å². The van der Waals surface area contributed by atoms with Gasteiger partial charge in [-0.2, -0.15) is 0 Å². The molecule has 8 heteroatoms. The third-order valence-corrected chi connectivity index (χ3v) is 4.29. The minimum atomic E-state index is -3.00. The molecule has 0 spiro atoms. The van der Waals surface area contributed by atoms with Crippen molar-refractivity contribution in [3.05, 3.63) is 17.8 Å². The Kier molecular flexibility index (Phi) is 3.16. The SMILES string of the molecule is NCc1ncc(C(=O)NC2CCS(=O)(=O)C2)o1. The van der Waals surface area contributed by atoms with Gasteiger partial charge in [-0.3, -0.25) is 4.79 Å². The average molecular weight is 259 g/mol. The number of oxazole rings is 1. The van der Waals surface area contributed by atoms with Crippen LogP contribution in [0.15, 0.2) is 10.6 Å². The highest BCUT2D eigenvalue weighted by Gasteiger charge is 2.29. The molecule has 7 nitrogen and oxygen atoms in total. The van der Waals surface area contributed by atoms with Crippen LogP contribution in [0.1, 0.15) is 22.9 Å². The van der Waals surface area contributed by atoms with Gasteiger partial charge in [0.2, 0.25) is 11.7 Å². The maximum absolute atomic E-state index is 11.7. The van der Waals surface area contributed by atoms with E-state index in [1.807, 2.05) is 0 Å². The van der Waals surface area contributed by atoms with Crippen LogP contribution in [0.4, 0.5) is 0 Å². The minimum absolute atomic E-state index is 0.0172. The Morgan fingerprint density at radius 3 is 2.94 bits per heavy atom. The highest BCUT2D eigenvalue weighted by atomic mass is 32.2. The second-order valence-electron chi connectivity index (χ2n) is 3.90. The molecule has 94 valence electrons. The van der Waals surface area contributed by atoms with E-state index in [9.17, 15) is 13.2 Å². The van der Waals surface area contributed by atoms with Crippen LogP contribution < -0.4 is 11.1 Å². The Morgan fingerprint density at radius 1 is 1.65 bits per heavy atom. The molecular weight excluding hydrogens is 246 g/mol. The van der Waals surface area contributed by atoms with E-state index in [0.29, 0.717) is 6.42 Å². The zero-order valence-corrected chi connectivity index (χ0v) is 9.87. The normalized spacial score (nSPS) is 22.5. The summed E-state index contributed by atoms with van der Waals surface area (Å²) in [4.78, 5) is 15.4. The molecule has 0 aromatic carbocycles. The van der Waals surface area contributed by atoms with Gasteiger partial charge in [-0.05, 0) is 6.42 Å². The average Bonchev–Trinajstić information content (AvgIpc) is 2.85. The van der Waals surface area contributed by atoms with E-state index in [0.717, 1.165) is 0 Å². The van der Waals surface area contributed by atoms with Crippen molar-refractivity contribution in [1.29, 1.82) is 0 Å². The van der Waals surface area contributed by atoms with E-state index in [4.69, 9.17) is 10.2 Å². The maximum atomic E-state index is 11.7. The molecule has 2 rings (SSSR count). The zero-order valence-electron chi connectivity index (χ0n) is 9.05. The Balaban J connectivity index is 1.98. The van der Waals surface area contributed by atoms with Gasteiger partial charge in [0.1, 0.15) is 0 Å². The number of nitrogens with one attached hydrogen (secondary N) is 1. The molecule has 1 saturated heterocycles. The van der Waals surface area contributed by atoms with Crippen LogP contribution in [-0.2, 0) is 16.4 Å². The summed E-state index contributed by atoms with van der Waals surface area (Å²) in [6, 6.07) is -0.348. The van der Waals surface area contributed by atoms with Gasteiger partial charge in [-0.25, -0.2) is 13.4 Å². The number of carbonyl (C=O) groups excluding carboxylic acids is 1. The van der Waals surface area contributed by atoms with Gasteiger partial charge in [0.15, 0.2) is 9.84 Å². The molecule has 1 aromatic rings. The largest absolute Gasteiger partial charge is 0.434 e. The summed E-state index contributed by atoms with van der Waals surface area (Å²) in [5.74, 6) is -0.0396. The Morgan fingerprint density at radius 2 is 2.41 bits per heavy atom. The topological polar surface area (TPSA) is 115 Å². The predicted octanol–water partition coefficient (Wildman–Crippen LogP) is -0.950. The van der Waals surface area contributed by atoms with Crippen LogP contribution in [-0.4, -0.2) is 36.9 Å². The number of sulfone groups is 1. The molecule has 1 unspecified atom stereocenters. The van der Waals surface area contributed by atoms with Crippen molar-refractivity contribution in [2.45, 2.75) is 19.0 Å². The first-order valence-corrected chi connectivity index (χ1v) is 6.98. The second kappa shape index (κ2) is 4.46. The first-order chi connectivity index (χ1) is 8.00. The van der Waals surface area contributed by atoms with E-state index in [1.165, 1.54) is 6.20 Å². The molecule has 1 aromatic heterocycles. The molecule has 1 aliphatic heterocycles. The lowest BCUT2D eigenvalue weighted by atomic mass is 10.2. The number of nitrogens with zero attached hydrogens (tertiary/aromatic N) is 1. The Labute approximate surface area is 98.3 Å². The fourth-order valence-corrected chi connectivity index (χ4v) is 3.35. The highest BCUT2D eigenvalue weighted by molar-refractivity contribution is 7.91. The standard InChI is InChI=1S/C9H13N3O4S/c10-3-8-11-4-7(16-8)9(13)12-6-1-2-17(14,15)5-6/h4,6H,1-3,5,10H2,(H,12,13). The van der Waals surface area contributed by atoms with E-state index in [2.05, 4.69) is 10.3 Å². The summed E-state index contributed by atoms with van der Waals surface area (Å²) in [6.45, 7) is 0.116. The number of amides is 1. The van der Waals surface area contributed by atoms with Crippen molar-refractivity contribution >= 4 is 15.7 Å². The molecule has 0 bridgehead atoms. The van der Waals surface area contributed by atoms with Gasteiger partial charge in [-0.1, -0.05) is 0 Å². The highest BCUT2D eigenvalue weighted by Crippen LogP contribution is 2.12. The van der Waals surface area contributed by atoms with Crippen molar-refractivity contribution in [2.24, 2.45) is 5.73 Å². The molecular formula is C9H13N3O4S. The van der Waals surface area contributed by atoms with Crippen LogP contribution >= 0.6 is 0 Å². The van der Waals surface area contributed by atoms with E-state index >= 15 is 0 Å². The zero-order chi connectivity index (χ0) is 12.5. The number of aromatic nitrogens is 1. The number of hydrogen-bond acceptors (Lipinski definition) is 6. The minimum Gasteiger partial charge on any atom is -0.434 e. The van der Waals surface area contributed by atoms with Crippen LogP contribution in [0.5, 0.6) is 0 Å². The molecule has 1 aliphatic rings. The molecule has 0 radical (unpaired) electrons. The summed E-state index contributed by atoms with van der Waals surface area (Å²) in [5.41, 5.74) is 5.30. The molecule has 1 atom stereocenters. The van der Waals surface area contributed by atoms with Crippen molar-refractivity contribution in [3.63, 3.8) is 0 Å². The molecule has 0 aliphatic carbocycles. The Bertz CT molecular complexity index is 522. The summed E-state index contributed by atoms with van der Waals surface area (Å²) in [5, 5.41) is 2.60. The molecule has 0 saturated carbocycles. The maximum Gasteiger partial charge on any atom is 0.288 e. The number of rotatable bonds is 3. The molecule has 2 heterocycles. The van der Waals surface area contributed by atoms with Crippen molar-refractivity contribution < 1.29 is 17.6 Å². The predicted molar refractivity (Wildman–Crippen MR) is 58.9 cm³/mol. The van der Waals surface area contributed by atoms with Gasteiger partial charge >= 0.3 is 0 Å². The second-order valence-corrected chi connectivity index (χ2v) is 6.12. The smallest absolute Gasteiger partial charge is 0.288 e. The summed E-state index contributed by atoms with van der Waals surface area (Å²) < 4.78 is 27.5. The molecule has 1 fully saturated rings. The lowest BCUT2D eigenvalue weighted by Crippen LogP contribution is -2.35. The van der Waals surface area contributed by atoms with Gasteiger partial charge < -0.3 is 15.5 Å².